The summed E-state index contributed by atoms with van der Waals surface area (Å²) in [4.78, 5) is 16.0. The van der Waals surface area contributed by atoms with Gasteiger partial charge in [-0.05, 0) is 23.7 Å². The SMILES string of the molecule is CNc1nc(Cl)nc(Nc2ccc(-c3cnco3)c(OC)c2)n1. The first kappa shape index (κ1) is 15.0. The summed E-state index contributed by atoms with van der Waals surface area (Å²) in [6.07, 6.45) is 2.99. The van der Waals surface area contributed by atoms with Crippen LogP contribution in [0.1, 0.15) is 0 Å². The number of hydrogen-bond donors (Lipinski definition) is 2. The molecule has 0 aliphatic carbocycles. The van der Waals surface area contributed by atoms with Crippen LogP contribution in [0.4, 0.5) is 17.6 Å². The van der Waals surface area contributed by atoms with Crippen molar-refractivity contribution in [1.29, 1.82) is 0 Å². The smallest absolute Gasteiger partial charge is 0.233 e. The van der Waals surface area contributed by atoms with Gasteiger partial charge in [-0.1, -0.05) is 0 Å². The molecule has 0 fully saturated rings. The van der Waals surface area contributed by atoms with E-state index in [9.17, 15) is 0 Å². The molecular weight excluding hydrogens is 320 g/mol. The zero-order chi connectivity index (χ0) is 16.2. The molecule has 0 saturated carbocycles. The number of nitrogens with zero attached hydrogens (tertiary/aromatic N) is 4. The Balaban J connectivity index is 1.91. The Labute approximate surface area is 136 Å². The van der Waals surface area contributed by atoms with Crippen LogP contribution in [0.2, 0.25) is 5.28 Å². The van der Waals surface area contributed by atoms with Gasteiger partial charge in [0.25, 0.3) is 0 Å². The fraction of sp³-hybridized carbons (Fsp3) is 0.143. The Morgan fingerprint density at radius 2 is 2.00 bits per heavy atom. The molecule has 3 aromatic rings. The number of hydrogen-bond acceptors (Lipinski definition) is 8. The lowest BCUT2D eigenvalue weighted by atomic mass is 10.1. The van der Waals surface area contributed by atoms with Crippen molar-refractivity contribution >= 4 is 29.2 Å². The molecule has 23 heavy (non-hydrogen) atoms. The number of nitrogens with one attached hydrogen (secondary N) is 2. The van der Waals surface area contributed by atoms with E-state index in [1.54, 1.807) is 26.4 Å². The van der Waals surface area contributed by atoms with Gasteiger partial charge in [0.2, 0.25) is 17.2 Å². The fourth-order valence-corrected chi connectivity index (χ4v) is 2.13. The maximum Gasteiger partial charge on any atom is 0.233 e. The van der Waals surface area contributed by atoms with Crippen molar-refractivity contribution in [1.82, 2.24) is 19.9 Å². The predicted molar refractivity (Wildman–Crippen MR) is 86.2 cm³/mol. The van der Waals surface area contributed by atoms with Crippen molar-refractivity contribution in [3.63, 3.8) is 0 Å². The Kier molecular flexibility index (Phi) is 4.24. The van der Waals surface area contributed by atoms with Crippen molar-refractivity contribution in [2.75, 3.05) is 24.8 Å². The number of halogens is 1. The van der Waals surface area contributed by atoms with Gasteiger partial charge in [-0.3, -0.25) is 0 Å². The molecular formula is C14H13ClN6O2. The zero-order valence-corrected chi connectivity index (χ0v) is 13.1. The minimum Gasteiger partial charge on any atom is -0.496 e. The van der Waals surface area contributed by atoms with Crippen LogP contribution in [0, 0.1) is 0 Å². The van der Waals surface area contributed by atoms with Crippen LogP contribution in [-0.4, -0.2) is 34.1 Å². The van der Waals surface area contributed by atoms with E-state index in [1.165, 1.54) is 6.39 Å². The Morgan fingerprint density at radius 1 is 1.17 bits per heavy atom. The molecule has 0 saturated heterocycles. The molecule has 2 aromatic heterocycles. The van der Waals surface area contributed by atoms with Gasteiger partial charge in [-0.15, -0.1) is 0 Å². The minimum atomic E-state index is 0.0945. The first-order valence-corrected chi connectivity index (χ1v) is 7.00. The lowest BCUT2D eigenvalue weighted by Gasteiger charge is -2.10. The summed E-state index contributed by atoms with van der Waals surface area (Å²) in [5, 5.41) is 5.96. The molecule has 0 atom stereocenters. The van der Waals surface area contributed by atoms with Crippen LogP contribution in [0.3, 0.4) is 0 Å². The third-order valence-electron chi connectivity index (χ3n) is 2.99. The van der Waals surface area contributed by atoms with Gasteiger partial charge in [-0.25, -0.2) is 4.98 Å². The first-order valence-electron chi connectivity index (χ1n) is 6.63. The average molecular weight is 333 g/mol. The van der Waals surface area contributed by atoms with Gasteiger partial charge in [0.1, 0.15) is 5.75 Å². The second kappa shape index (κ2) is 6.49. The number of oxazole rings is 1. The summed E-state index contributed by atoms with van der Waals surface area (Å²) in [5.74, 6) is 1.94. The van der Waals surface area contributed by atoms with Gasteiger partial charge in [0.15, 0.2) is 12.2 Å². The van der Waals surface area contributed by atoms with Crippen LogP contribution in [0.25, 0.3) is 11.3 Å². The standard InChI is InChI=1S/C14H13ClN6O2/c1-16-13-19-12(15)20-14(21-13)18-8-3-4-9(10(5-8)22-2)11-6-17-7-23-11/h3-7H,1-2H3,(H2,16,18,19,20,21). The van der Waals surface area contributed by atoms with E-state index in [1.807, 2.05) is 12.1 Å². The van der Waals surface area contributed by atoms with Gasteiger partial charge in [0.05, 0.1) is 18.9 Å². The van der Waals surface area contributed by atoms with Gasteiger partial charge >= 0.3 is 0 Å². The maximum absolute atomic E-state index is 5.86. The topological polar surface area (TPSA) is 98.0 Å². The number of anilines is 3. The monoisotopic (exact) mass is 332 g/mol. The molecule has 3 rings (SSSR count). The van der Waals surface area contributed by atoms with Crippen molar-refractivity contribution in [3.8, 4) is 17.1 Å². The Hall–Kier alpha value is -2.87. The molecule has 0 unspecified atom stereocenters. The first-order chi connectivity index (χ1) is 11.2. The quantitative estimate of drug-likeness (QED) is 0.735. The highest BCUT2D eigenvalue weighted by molar-refractivity contribution is 6.28. The highest BCUT2D eigenvalue weighted by atomic mass is 35.5. The van der Waals surface area contributed by atoms with Crippen molar-refractivity contribution in [2.24, 2.45) is 0 Å². The highest BCUT2D eigenvalue weighted by Crippen LogP contribution is 2.32. The van der Waals surface area contributed by atoms with Crippen molar-refractivity contribution in [2.45, 2.75) is 0 Å². The van der Waals surface area contributed by atoms with E-state index in [4.69, 9.17) is 20.8 Å². The second-order valence-electron chi connectivity index (χ2n) is 4.41. The largest absolute Gasteiger partial charge is 0.496 e. The van der Waals surface area contributed by atoms with Crippen molar-refractivity contribution in [3.05, 3.63) is 36.1 Å². The molecule has 0 aliphatic heterocycles. The van der Waals surface area contributed by atoms with E-state index in [0.29, 0.717) is 23.4 Å². The molecule has 0 spiro atoms. The van der Waals surface area contributed by atoms with E-state index in [-0.39, 0.29) is 5.28 Å². The number of aromatic nitrogens is 4. The Bertz CT molecular complexity index is 809. The number of rotatable bonds is 5. The molecule has 9 heteroatoms. The van der Waals surface area contributed by atoms with Crippen LogP contribution in [0.5, 0.6) is 5.75 Å². The number of ether oxygens (including phenoxy) is 1. The maximum atomic E-state index is 5.86. The van der Waals surface area contributed by atoms with Gasteiger partial charge in [0, 0.05) is 18.8 Å². The molecule has 2 heterocycles. The molecule has 0 aliphatic rings. The van der Waals surface area contributed by atoms with Gasteiger partial charge in [-0.2, -0.15) is 15.0 Å². The van der Waals surface area contributed by atoms with E-state index in [0.717, 1.165) is 11.3 Å². The normalized spacial score (nSPS) is 10.4. The van der Waals surface area contributed by atoms with Crippen molar-refractivity contribution < 1.29 is 9.15 Å². The molecule has 1 aromatic carbocycles. The van der Waals surface area contributed by atoms with Crippen LogP contribution in [-0.2, 0) is 0 Å². The third kappa shape index (κ3) is 3.32. The third-order valence-corrected chi connectivity index (χ3v) is 3.16. The summed E-state index contributed by atoms with van der Waals surface area (Å²) >= 11 is 5.86. The van der Waals surface area contributed by atoms with Crippen LogP contribution >= 0.6 is 11.6 Å². The van der Waals surface area contributed by atoms with E-state index >= 15 is 0 Å². The second-order valence-corrected chi connectivity index (χ2v) is 4.75. The van der Waals surface area contributed by atoms with Crippen LogP contribution < -0.4 is 15.4 Å². The average Bonchev–Trinajstić information content (AvgIpc) is 3.08. The number of methoxy groups -OCH3 is 1. The fourth-order valence-electron chi connectivity index (χ4n) is 1.97. The van der Waals surface area contributed by atoms with Gasteiger partial charge < -0.3 is 19.8 Å². The summed E-state index contributed by atoms with van der Waals surface area (Å²) in [7, 11) is 3.28. The molecule has 0 bridgehead atoms. The molecule has 8 nitrogen and oxygen atoms in total. The summed E-state index contributed by atoms with van der Waals surface area (Å²) in [5.41, 5.74) is 1.52. The van der Waals surface area contributed by atoms with Crippen LogP contribution in [0.15, 0.2) is 35.2 Å². The highest BCUT2D eigenvalue weighted by Gasteiger charge is 2.11. The minimum absolute atomic E-state index is 0.0945. The lowest BCUT2D eigenvalue weighted by Crippen LogP contribution is -2.03. The lowest BCUT2D eigenvalue weighted by molar-refractivity contribution is 0.415. The van der Waals surface area contributed by atoms with E-state index in [2.05, 4.69) is 30.6 Å². The molecule has 0 amide bonds. The predicted octanol–water partition coefficient (Wildman–Crippen LogP) is 2.97. The zero-order valence-electron chi connectivity index (χ0n) is 12.4. The Morgan fingerprint density at radius 3 is 2.70 bits per heavy atom. The van der Waals surface area contributed by atoms with E-state index < -0.39 is 0 Å². The summed E-state index contributed by atoms with van der Waals surface area (Å²) in [6.45, 7) is 0. The summed E-state index contributed by atoms with van der Waals surface area (Å²) < 4.78 is 10.7. The number of benzene rings is 1. The summed E-state index contributed by atoms with van der Waals surface area (Å²) in [6, 6.07) is 5.50. The molecule has 0 radical (unpaired) electrons. The molecule has 2 N–H and O–H groups in total. The molecule has 118 valence electrons.